The van der Waals surface area contributed by atoms with Crippen molar-refractivity contribution in [3.8, 4) is 5.75 Å². The first-order valence-electron chi connectivity index (χ1n) is 5.79. The third kappa shape index (κ3) is 4.11. The molecule has 0 aromatic heterocycles. The van der Waals surface area contributed by atoms with E-state index >= 15 is 0 Å². The van der Waals surface area contributed by atoms with Gasteiger partial charge in [-0.3, -0.25) is 5.84 Å². The Morgan fingerprint density at radius 3 is 2.37 bits per heavy atom. The molecule has 0 amide bonds. The van der Waals surface area contributed by atoms with Gasteiger partial charge in [0.15, 0.2) is 0 Å². The Kier molecular flexibility index (Phi) is 5.05. The summed E-state index contributed by atoms with van der Waals surface area (Å²) in [5.74, 6) is 6.25. The van der Waals surface area contributed by atoms with Gasteiger partial charge in [-0.15, -0.1) is 0 Å². The van der Waals surface area contributed by atoms with Crippen molar-refractivity contribution >= 4 is 23.2 Å². The molecule has 3 N–H and O–H groups in total. The lowest BCUT2D eigenvalue weighted by atomic mass is 10.1. The Labute approximate surface area is 122 Å². The maximum absolute atomic E-state index is 5.96. The second-order valence-electron chi connectivity index (χ2n) is 4.04. The molecular formula is C14H14Cl2N2O. The Balaban J connectivity index is 2.04. The van der Waals surface area contributed by atoms with Crippen LogP contribution in [-0.4, -0.2) is 6.61 Å². The Hall–Kier alpha value is -1.26. The van der Waals surface area contributed by atoms with Crippen molar-refractivity contribution in [2.24, 2.45) is 5.84 Å². The van der Waals surface area contributed by atoms with E-state index in [1.165, 1.54) is 0 Å². The summed E-state index contributed by atoms with van der Waals surface area (Å²) in [6.45, 7) is 0.386. The van der Waals surface area contributed by atoms with E-state index < -0.39 is 0 Å². The second-order valence-corrected chi connectivity index (χ2v) is 4.92. The molecule has 0 aliphatic rings. The summed E-state index contributed by atoms with van der Waals surface area (Å²) in [6, 6.07) is 14.6. The molecule has 5 heteroatoms. The minimum Gasteiger partial charge on any atom is -0.492 e. The zero-order valence-corrected chi connectivity index (χ0v) is 11.7. The van der Waals surface area contributed by atoms with Gasteiger partial charge in [0.05, 0.1) is 6.04 Å². The van der Waals surface area contributed by atoms with E-state index in [1.807, 2.05) is 36.4 Å². The van der Waals surface area contributed by atoms with Crippen LogP contribution < -0.4 is 16.0 Å². The average molecular weight is 297 g/mol. The van der Waals surface area contributed by atoms with E-state index in [4.69, 9.17) is 33.8 Å². The van der Waals surface area contributed by atoms with Gasteiger partial charge >= 0.3 is 0 Å². The van der Waals surface area contributed by atoms with Gasteiger partial charge in [-0.25, -0.2) is 5.43 Å². The average Bonchev–Trinajstić information content (AvgIpc) is 2.40. The monoisotopic (exact) mass is 296 g/mol. The van der Waals surface area contributed by atoms with E-state index in [0.29, 0.717) is 22.4 Å². The van der Waals surface area contributed by atoms with Gasteiger partial charge in [0.2, 0.25) is 0 Å². The van der Waals surface area contributed by atoms with Crippen molar-refractivity contribution in [3.05, 3.63) is 64.1 Å². The maximum Gasteiger partial charge on any atom is 0.120 e. The lowest BCUT2D eigenvalue weighted by Gasteiger charge is -2.17. The predicted octanol–water partition coefficient (Wildman–Crippen LogP) is 3.58. The summed E-state index contributed by atoms with van der Waals surface area (Å²) in [6.07, 6.45) is 0. The number of halogens is 2. The Morgan fingerprint density at radius 1 is 1.05 bits per heavy atom. The lowest BCUT2D eigenvalue weighted by Crippen LogP contribution is -2.32. The first kappa shape index (κ1) is 14.2. The van der Waals surface area contributed by atoms with Crippen LogP contribution >= 0.6 is 23.2 Å². The van der Waals surface area contributed by atoms with Crippen LogP contribution in [-0.2, 0) is 0 Å². The molecule has 2 rings (SSSR count). The van der Waals surface area contributed by atoms with Crippen LogP contribution in [0.15, 0.2) is 48.5 Å². The van der Waals surface area contributed by atoms with Gasteiger partial charge in [0.25, 0.3) is 0 Å². The summed E-state index contributed by atoms with van der Waals surface area (Å²) in [4.78, 5) is 0. The third-order valence-electron chi connectivity index (χ3n) is 2.66. The quantitative estimate of drug-likeness (QED) is 0.655. The number of nitrogens with one attached hydrogen (secondary N) is 1. The summed E-state index contributed by atoms with van der Waals surface area (Å²) in [5, 5.41) is 1.30. The fourth-order valence-electron chi connectivity index (χ4n) is 1.70. The normalized spacial score (nSPS) is 12.2. The minimum absolute atomic E-state index is 0.141. The Morgan fingerprint density at radius 2 is 1.74 bits per heavy atom. The van der Waals surface area contributed by atoms with Crippen LogP contribution in [0.3, 0.4) is 0 Å². The van der Waals surface area contributed by atoms with Crippen molar-refractivity contribution in [1.29, 1.82) is 0 Å². The van der Waals surface area contributed by atoms with Crippen LogP contribution in [0, 0.1) is 0 Å². The predicted molar refractivity (Wildman–Crippen MR) is 78.5 cm³/mol. The number of rotatable bonds is 5. The largest absolute Gasteiger partial charge is 0.492 e. The topological polar surface area (TPSA) is 47.3 Å². The molecule has 0 fully saturated rings. The van der Waals surface area contributed by atoms with E-state index in [9.17, 15) is 0 Å². The van der Waals surface area contributed by atoms with Crippen molar-refractivity contribution < 1.29 is 4.74 Å². The molecule has 2 aromatic carbocycles. The minimum atomic E-state index is -0.141. The summed E-state index contributed by atoms with van der Waals surface area (Å²) < 4.78 is 5.66. The summed E-state index contributed by atoms with van der Waals surface area (Å²) in [7, 11) is 0. The molecule has 1 unspecified atom stereocenters. The number of nitrogens with two attached hydrogens (primary N) is 1. The molecule has 1 atom stereocenters. The summed E-state index contributed by atoms with van der Waals surface area (Å²) in [5.41, 5.74) is 3.68. The number of hydrogen-bond acceptors (Lipinski definition) is 3. The van der Waals surface area contributed by atoms with Crippen LogP contribution in [0.4, 0.5) is 0 Å². The van der Waals surface area contributed by atoms with Crippen LogP contribution in [0.5, 0.6) is 5.75 Å². The molecule has 0 aliphatic carbocycles. The molecule has 3 nitrogen and oxygen atoms in total. The highest BCUT2D eigenvalue weighted by Crippen LogP contribution is 2.21. The fourth-order valence-corrected chi connectivity index (χ4v) is 2.08. The highest BCUT2D eigenvalue weighted by molar-refractivity contribution is 6.30. The smallest absolute Gasteiger partial charge is 0.120 e. The van der Waals surface area contributed by atoms with Gasteiger partial charge in [-0.2, -0.15) is 0 Å². The maximum atomic E-state index is 5.96. The van der Waals surface area contributed by atoms with Crippen LogP contribution in [0.2, 0.25) is 10.0 Å². The molecule has 0 saturated carbocycles. The lowest BCUT2D eigenvalue weighted by molar-refractivity contribution is 0.267. The number of hydrogen-bond donors (Lipinski definition) is 2. The SMILES string of the molecule is NNC(COc1cccc(Cl)c1)c1cccc(Cl)c1. The zero-order valence-electron chi connectivity index (χ0n) is 10.1. The molecule has 100 valence electrons. The van der Waals surface area contributed by atoms with Crippen molar-refractivity contribution in [3.63, 3.8) is 0 Å². The standard InChI is InChI=1S/C14H14Cl2N2O/c15-11-4-1-3-10(7-11)14(18-17)9-19-13-6-2-5-12(16)8-13/h1-8,14,18H,9,17H2. The van der Waals surface area contributed by atoms with Crippen LogP contribution in [0.1, 0.15) is 11.6 Å². The first-order chi connectivity index (χ1) is 9.19. The van der Waals surface area contributed by atoms with Crippen molar-refractivity contribution in [2.75, 3.05) is 6.61 Å². The first-order valence-corrected chi connectivity index (χ1v) is 6.54. The van der Waals surface area contributed by atoms with Gasteiger partial charge in [0, 0.05) is 10.0 Å². The number of hydrazine groups is 1. The van der Waals surface area contributed by atoms with Gasteiger partial charge in [-0.1, -0.05) is 41.4 Å². The van der Waals surface area contributed by atoms with Gasteiger partial charge in [0.1, 0.15) is 12.4 Å². The van der Waals surface area contributed by atoms with Crippen molar-refractivity contribution in [2.45, 2.75) is 6.04 Å². The highest BCUT2D eigenvalue weighted by atomic mass is 35.5. The molecule has 0 heterocycles. The van der Waals surface area contributed by atoms with Gasteiger partial charge < -0.3 is 4.74 Å². The molecule has 0 spiro atoms. The molecule has 0 aliphatic heterocycles. The molecule has 19 heavy (non-hydrogen) atoms. The second kappa shape index (κ2) is 6.78. The molecular weight excluding hydrogens is 283 g/mol. The fraction of sp³-hybridized carbons (Fsp3) is 0.143. The van der Waals surface area contributed by atoms with Gasteiger partial charge in [-0.05, 0) is 35.9 Å². The van der Waals surface area contributed by atoms with Crippen LogP contribution in [0.25, 0.3) is 0 Å². The number of benzene rings is 2. The molecule has 0 radical (unpaired) electrons. The zero-order chi connectivity index (χ0) is 13.7. The third-order valence-corrected chi connectivity index (χ3v) is 3.14. The van der Waals surface area contributed by atoms with Crippen molar-refractivity contribution in [1.82, 2.24) is 5.43 Å². The molecule has 0 bridgehead atoms. The van der Waals surface area contributed by atoms with E-state index in [-0.39, 0.29) is 6.04 Å². The Bertz CT molecular complexity index is 548. The number of ether oxygens (including phenoxy) is 1. The highest BCUT2D eigenvalue weighted by Gasteiger charge is 2.11. The summed E-state index contributed by atoms with van der Waals surface area (Å²) >= 11 is 11.9. The van der Waals surface area contributed by atoms with E-state index in [1.54, 1.807) is 12.1 Å². The molecule has 0 saturated heterocycles. The molecule has 2 aromatic rings. The van der Waals surface area contributed by atoms with E-state index in [2.05, 4.69) is 5.43 Å². The van der Waals surface area contributed by atoms with E-state index in [0.717, 1.165) is 5.56 Å².